The van der Waals surface area contributed by atoms with Gasteiger partial charge in [-0.05, 0) is 22.9 Å². The number of thiophene rings is 1. The van der Waals surface area contributed by atoms with E-state index in [1.165, 1.54) is 15.0 Å². The zero-order chi connectivity index (χ0) is 11.5. The van der Waals surface area contributed by atoms with Crippen molar-refractivity contribution in [3.8, 4) is 0 Å². The quantitative estimate of drug-likeness (QED) is 0.570. The third-order valence-corrected chi connectivity index (χ3v) is 3.71. The van der Waals surface area contributed by atoms with Gasteiger partial charge in [0.2, 0.25) is 0 Å². The molecule has 0 spiro atoms. The predicted octanol–water partition coefficient (Wildman–Crippen LogP) is 5.23. The van der Waals surface area contributed by atoms with Crippen LogP contribution in [0.15, 0.2) is 30.3 Å². The van der Waals surface area contributed by atoms with Crippen molar-refractivity contribution in [3.63, 3.8) is 0 Å². The van der Waals surface area contributed by atoms with Crippen LogP contribution >= 0.6 is 11.3 Å². The van der Waals surface area contributed by atoms with Gasteiger partial charge in [0.25, 0.3) is 0 Å². The molecule has 0 saturated heterocycles. The highest BCUT2D eigenvalue weighted by Crippen LogP contribution is 2.33. The van der Waals surface area contributed by atoms with Gasteiger partial charge < -0.3 is 0 Å². The number of benzene rings is 1. The second-order valence-electron chi connectivity index (χ2n) is 4.40. The molecule has 2 rings (SSSR count). The SMILES string of the molecule is CC.CC(C)(C)c1cc2ccccc2s1. The van der Waals surface area contributed by atoms with E-state index < -0.39 is 0 Å². The first-order valence-corrected chi connectivity index (χ1v) is 6.38. The van der Waals surface area contributed by atoms with Gasteiger partial charge in [0, 0.05) is 9.58 Å². The van der Waals surface area contributed by atoms with E-state index in [1.807, 2.05) is 25.2 Å². The van der Waals surface area contributed by atoms with Gasteiger partial charge in [0.1, 0.15) is 0 Å². The maximum atomic E-state index is 2.31. The van der Waals surface area contributed by atoms with Gasteiger partial charge >= 0.3 is 0 Å². The molecule has 0 bridgehead atoms. The summed E-state index contributed by atoms with van der Waals surface area (Å²) in [5.74, 6) is 0. The Morgan fingerprint density at radius 2 is 1.60 bits per heavy atom. The van der Waals surface area contributed by atoms with Crippen LogP contribution in [0.2, 0.25) is 0 Å². The third-order valence-electron chi connectivity index (χ3n) is 2.16. The van der Waals surface area contributed by atoms with Crippen LogP contribution in [0.4, 0.5) is 0 Å². The molecule has 0 amide bonds. The molecular formula is C14H20S. The van der Waals surface area contributed by atoms with Crippen LogP contribution < -0.4 is 0 Å². The highest BCUT2D eigenvalue weighted by Gasteiger charge is 2.16. The molecule has 0 radical (unpaired) electrons. The Kier molecular flexibility index (Phi) is 3.92. The van der Waals surface area contributed by atoms with Gasteiger partial charge in [0.05, 0.1) is 0 Å². The fourth-order valence-electron chi connectivity index (χ4n) is 1.35. The Balaban J connectivity index is 0.000000531. The van der Waals surface area contributed by atoms with Gasteiger partial charge in [0.15, 0.2) is 0 Å². The molecule has 1 aromatic heterocycles. The predicted molar refractivity (Wildman–Crippen MR) is 71.9 cm³/mol. The summed E-state index contributed by atoms with van der Waals surface area (Å²) < 4.78 is 1.40. The molecule has 0 unspecified atom stereocenters. The van der Waals surface area contributed by atoms with Gasteiger partial charge in [-0.2, -0.15) is 0 Å². The van der Waals surface area contributed by atoms with E-state index in [9.17, 15) is 0 Å². The van der Waals surface area contributed by atoms with Crippen molar-refractivity contribution in [1.82, 2.24) is 0 Å². The number of fused-ring (bicyclic) bond motifs is 1. The van der Waals surface area contributed by atoms with Gasteiger partial charge in [-0.3, -0.25) is 0 Å². The summed E-state index contributed by atoms with van der Waals surface area (Å²) in [6.45, 7) is 10.8. The summed E-state index contributed by atoms with van der Waals surface area (Å²) in [5, 5.41) is 1.37. The maximum Gasteiger partial charge on any atom is 0.0345 e. The average molecular weight is 220 g/mol. The molecule has 82 valence electrons. The molecule has 0 N–H and O–H groups in total. The van der Waals surface area contributed by atoms with Crippen molar-refractivity contribution in [3.05, 3.63) is 35.2 Å². The van der Waals surface area contributed by atoms with Gasteiger partial charge in [-0.15, -0.1) is 11.3 Å². The topological polar surface area (TPSA) is 0 Å². The number of rotatable bonds is 0. The van der Waals surface area contributed by atoms with Crippen LogP contribution in [-0.2, 0) is 5.41 Å². The molecule has 0 nitrogen and oxygen atoms in total. The summed E-state index contributed by atoms with van der Waals surface area (Å²) in [6, 6.07) is 10.9. The van der Waals surface area contributed by atoms with Crippen molar-refractivity contribution in [1.29, 1.82) is 0 Å². The zero-order valence-corrected chi connectivity index (χ0v) is 11.1. The minimum atomic E-state index is 0.281. The molecule has 1 heterocycles. The van der Waals surface area contributed by atoms with Crippen LogP contribution in [-0.4, -0.2) is 0 Å². The summed E-state index contributed by atoms with van der Waals surface area (Å²) in [5.41, 5.74) is 0.281. The lowest BCUT2D eigenvalue weighted by Gasteiger charge is -2.14. The van der Waals surface area contributed by atoms with E-state index in [1.54, 1.807) is 0 Å². The van der Waals surface area contributed by atoms with E-state index in [0.29, 0.717) is 0 Å². The lowest BCUT2D eigenvalue weighted by Crippen LogP contribution is -2.07. The molecule has 2 aromatic rings. The van der Waals surface area contributed by atoms with Gasteiger partial charge in [-0.25, -0.2) is 0 Å². The number of hydrogen-bond acceptors (Lipinski definition) is 1. The van der Waals surface area contributed by atoms with E-state index in [0.717, 1.165) is 0 Å². The molecule has 15 heavy (non-hydrogen) atoms. The summed E-state index contributed by atoms with van der Waals surface area (Å²) in [4.78, 5) is 1.47. The highest BCUT2D eigenvalue weighted by atomic mass is 32.1. The molecule has 0 aliphatic rings. The van der Waals surface area contributed by atoms with E-state index >= 15 is 0 Å². The average Bonchev–Trinajstić information content (AvgIpc) is 2.63. The zero-order valence-electron chi connectivity index (χ0n) is 10.3. The van der Waals surface area contributed by atoms with E-state index in [4.69, 9.17) is 0 Å². The highest BCUT2D eigenvalue weighted by molar-refractivity contribution is 7.19. The minimum Gasteiger partial charge on any atom is -0.140 e. The Bertz CT molecular complexity index is 385. The fourth-order valence-corrected chi connectivity index (χ4v) is 2.47. The first-order valence-electron chi connectivity index (χ1n) is 5.56. The summed E-state index contributed by atoms with van der Waals surface area (Å²) >= 11 is 1.90. The Hall–Kier alpha value is -0.820. The van der Waals surface area contributed by atoms with Crippen LogP contribution in [0.1, 0.15) is 39.5 Å². The van der Waals surface area contributed by atoms with Crippen LogP contribution in [0.3, 0.4) is 0 Å². The van der Waals surface area contributed by atoms with Crippen molar-refractivity contribution in [2.45, 2.75) is 40.0 Å². The van der Waals surface area contributed by atoms with Crippen LogP contribution in [0.5, 0.6) is 0 Å². The molecule has 1 aromatic carbocycles. The monoisotopic (exact) mass is 220 g/mol. The fraction of sp³-hybridized carbons (Fsp3) is 0.429. The normalized spacial score (nSPS) is 11.0. The Labute approximate surface area is 96.9 Å². The molecule has 1 heteroatoms. The molecule has 0 fully saturated rings. The van der Waals surface area contributed by atoms with E-state index in [2.05, 4.69) is 51.1 Å². The largest absolute Gasteiger partial charge is 0.140 e. The first-order chi connectivity index (χ1) is 7.07. The van der Waals surface area contributed by atoms with E-state index in [-0.39, 0.29) is 5.41 Å². The van der Waals surface area contributed by atoms with Crippen molar-refractivity contribution in [2.75, 3.05) is 0 Å². The standard InChI is InChI=1S/C12H14S.C2H6/c1-12(2,3)11-8-9-6-4-5-7-10(9)13-11;1-2/h4-8H,1-3H3;1-2H3. The number of hydrogen-bond donors (Lipinski definition) is 0. The smallest absolute Gasteiger partial charge is 0.0345 e. The summed E-state index contributed by atoms with van der Waals surface area (Å²) in [7, 11) is 0. The molecule has 0 atom stereocenters. The lowest BCUT2D eigenvalue weighted by molar-refractivity contribution is 0.604. The lowest BCUT2D eigenvalue weighted by atomic mass is 9.94. The Morgan fingerprint density at radius 3 is 2.13 bits per heavy atom. The molecule has 0 saturated carbocycles. The van der Waals surface area contributed by atoms with Gasteiger partial charge in [-0.1, -0.05) is 52.8 Å². The molecule has 0 aliphatic carbocycles. The second-order valence-corrected chi connectivity index (χ2v) is 5.48. The second kappa shape index (κ2) is 4.80. The van der Waals surface area contributed by atoms with Crippen LogP contribution in [0.25, 0.3) is 10.1 Å². The molecular weight excluding hydrogens is 200 g/mol. The third kappa shape index (κ3) is 2.82. The molecule has 0 aliphatic heterocycles. The van der Waals surface area contributed by atoms with Crippen molar-refractivity contribution < 1.29 is 0 Å². The van der Waals surface area contributed by atoms with Crippen LogP contribution in [0, 0.1) is 0 Å². The minimum absolute atomic E-state index is 0.281. The summed E-state index contributed by atoms with van der Waals surface area (Å²) in [6.07, 6.45) is 0. The van der Waals surface area contributed by atoms with Crippen molar-refractivity contribution in [2.24, 2.45) is 0 Å². The maximum absolute atomic E-state index is 2.31. The Morgan fingerprint density at radius 1 is 1.00 bits per heavy atom. The first kappa shape index (κ1) is 12.3. The van der Waals surface area contributed by atoms with Crippen molar-refractivity contribution >= 4 is 21.4 Å².